The van der Waals surface area contributed by atoms with Crippen molar-refractivity contribution in [1.82, 2.24) is 15.1 Å². The maximum absolute atomic E-state index is 12.9. The quantitative estimate of drug-likeness (QED) is 0.875. The molecule has 2 atom stereocenters. The molecule has 1 aromatic carbocycles. The molecule has 1 amide bonds. The molecular formula is C18H28ClN3O2. The average Bonchev–Trinajstić information content (AvgIpc) is 3.11. The molecule has 2 aliphatic rings. The van der Waals surface area contributed by atoms with Gasteiger partial charge in [-0.15, -0.1) is 12.4 Å². The highest BCUT2D eigenvalue weighted by Crippen LogP contribution is 2.24. The summed E-state index contributed by atoms with van der Waals surface area (Å²) in [6.45, 7) is 8.42. The summed E-state index contributed by atoms with van der Waals surface area (Å²) in [5.74, 6) is 0.107. The zero-order valence-corrected chi connectivity index (χ0v) is 15.1. The number of nitrogens with zero attached hydrogens (tertiary/aromatic N) is 2. The summed E-state index contributed by atoms with van der Waals surface area (Å²) in [4.78, 5) is 17.4. The predicted molar refractivity (Wildman–Crippen MR) is 97.5 cm³/mol. The van der Waals surface area contributed by atoms with Gasteiger partial charge in [0.2, 0.25) is 0 Å². The summed E-state index contributed by atoms with van der Waals surface area (Å²) < 4.78 is 5.77. The lowest BCUT2D eigenvalue weighted by atomic mass is 10.1. The van der Waals surface area contributed by atoms with Crippen molar-refractivity contribution >= 4 is 18.3 Å². The third-order valence-electron chi connectivity index (χ3n) is 4.80. The zero-order valence-electron chi connectivity index (χ0n) is 14.3. The van der Waals surface area contributed by atoms with Crippen LogP contribution in [0.5, 0.6) is 0 Å². The Morgan fingerprint density at radius 3 is 2.62 bits per heavy atom. The first-order chi connectivity index (χ1) is 11.3. The molecule has 1 N–H and O–H groups in total. The Labute approximate surface area is 150 Å². The van der Waals surface area contributed by atoms with Gasteiger partial charge in [-0.3, -0.25) is 9.69 Å². The third-order valence-corrected chi connectivity index (χ3v) is 4.80. The van der Waals surface area contributed by atoms with Gasteiger partial charge < -0.3 is 15.0 Å². The van der Waals surface area contributed by atoms with E-state index in [0.717, 1.165) is 51.3 Å². The molecule has 0 saturated carbocycles. The van der Waals surface area contributed by atoms with Crippen LogP contribution in [-0.4, -0.2) is 67.6 Å². The Hall–Kier alpha value is -1.14. The molecule has 24 heavy (non-hydrogen) atoms. The molecule has 2 unspecified atom stereocenters. The standard InChI is InChI=1S/C18H27N3O2.ClH/c1-2-23-17(15-6-4-3-5-7-15)18(22)21-11-8-16(14-21)20-12-9-19-10-13-20;/h3-7,16-17,19H,2,8-14H2,1H3;1H. The molecule has 2 saturated heterocycles. The van der Waals surface area contributed by atoms with Gasteiger partial charge in [0, 0.05) is 51.9 Å². The summed E-state index contributed by atoms with van der Waals surface area (Å²) in [5.41, 5.74) is 0.949. The predicted octanol–water partition coefficient (Wildman–Crippen LogP) is 1.69. The van der Waals surface area contributed by atoms with Crippen molar-refractivity contribution < 1.29 is 9.53 Å². The van der Waals surface area contributed by atoms with Gasteiger partial charge in [0.1, 0.15) is 0 Å². The van der Waals surface area contributed by atoms with Gasteiger partial charge in [0.15, 0.2) is 6.10 Å². The molecule has 0 spiro atoms. The van der Waals surface area contributed by atoms with E-state index in [0.29, 0.717) is 12.6 Å². The number of amides is 1. The molecule has 0 aliphatic carbocycles. The smallest absolute Gasteiger partial charge is 0.256 e. The summed E-state index contributed by atoms with van der Waals surface area (Å²) in [7, 11) is 0. The minimum atomic E-state index is -0.469. The van der Waals surface area contributed by atoms with E-state index in [9.17, 15) is 4.79 Å². The van der Waals surface area contributed by atoms with Gasteiger partial charge >= 0.3 is 0 Å². The Balaban J connectivity index is 0.00000208. The Kier molecular flexibility index (Phi) is 7.49. The van der Waals surface area contributed by atoms with Crippen molar-refractivity contribution in [3.8, 4) is 0 Å². The normalized spacial score (nSPS) is 22.9. The van der Waals surface area contributed by atoms with Crippen LogP contribution in [0.2, 0.25) is 0 Å². The van der Waals surface area contributed by atoms with Crippen molar-refractivity contribution in [3.63, 3.8) is 0 Å². The number of carbonyl (C=O) groups is 1. The molecule has 0 radical (unpaired) electrons. The van der Waals surface area contributed by atoms with E-state index in [4.69, 9.17) is 4.74 Å². The van der Waals surface area contributed by atoms with Crippen molar-refractivity contribution in [3.05, 3.63) is 35.9 Å². The van der Waals surface area contributed by atoms with Gasteiger partial charge in [-0.05, 0) is 18.9 Å². The number of piperazine rings is 1. The van der Waals surface area contributed by atoms with Gasteiger partial charge in [-0.1, -0.05) is 30.3 Å². The fourth-order valence-electron chi connectivity index (χ4n) is 3.56. The number of halogens is 1. The molecule has 1 aromatic rings. The van der Waals surface area contributed by atoms with Crippen LogP contribution in [0, 0.1) is 0 Å². The van der Waals surface area contributed by atoms with Crippen molar-refractivity contribution in [1.29, 1.82) is 0 Å². The first-order valence-electron chi connectivity index (χ1n) is 8.69. The van der Waals surface area contributed by atoms with Crippen LogP contribution in [0.4, 0.5) is 0 Å². The molecule has 3 rings (SSSR count). The highest BCUT2D eigenvalue weighted by Gasteiger charge is 2.34. The number of likely N-dealkylation sites (tertiary alicyclic amines) is 1. The lowest BCUT2D eigenvalue weighted by molar-refractivity contribution is -0.143. The van der Waals surface area contributed by atoms with E-state index in [-0.39, 0.29) is 18.3 Å². The Morgan fingerprint density at radius 1 is 1.25 bits per heavy atom. The molecule has 2 fully saturated rings. The summed E-state index contributed by atoms with van der Waals surface area (Å²) in [6.07, 6.45) is 0.599. The average molecular weight is 354 g/mol. The van der Waals surface area contributed by atoms with Crippen LogP contribution in [0.25, 0.3) is 0 Å². The number of hydrogen-bond donors (Lipinski definition) is 1. The van der Waals surface area contributed by atoms with Gasteiger partial charge in [0.25, 0.3) is 5.91 Å². The van der Waals surface area contributed by atoms with E-state index >= 15 is 0 Å². The highest BCUT2D eigenvalue weighted by molar-refractivity contribution is 5.85. The third kappa shape index (κ3) is 4.48. The number of nitrogens with one attached hydrogen (secondary N) is 1. The molecule has 0 bridgehead atoms. The SMILES string of the molecule is CCOC(C(=O)N1CCC(N2CCNCC2)C1)c1ccccc1.Cl. The van der Waals surface area contributed by atoms with E-state index < -0.39 is 6.10 Å². The van der Waals surface area contributed by atoms with Gasteiger partial charge in [-0.25, -0.2) is 0 Å². The van der Waals surface area contributed by atoms with Crippen LogP contribution in [0.15, 0.2) is 30.3 Å². The van der Waals surface area contributed by atoms with Crippen LogP contribution in [0.3, 0.4) is 0 Å². The topological polar surface area (TPSA) is 44.8 Å². The maximum atomic E-state index is 12.9. The second-order valence-corrected chi connectivity index (χ2v) is 6.26. The minimum absolute atomic E-state index is 0. The number of rotatable bonds is 5. The lowest BCUT2D eigenvalue weighted by Gasteiger charge is -2.32. The van der Waals surface area contributed by atoms with E-state index in [1.807, 2.05) is 42.2 Å². The number of hydrogen-bond acceptors (Lipinski definition) is 4. The van der Waals surface area contributed by atoms with Crippen molar-refractivity contribution in [2.75, 3.05) is 45.9 Å². The molecular weight excluding hydrogens is 326 g/mol. The molecule has 0 aromatic heterocycles. The lowest BCUT2D eigenvalue weighted by Crippen LogP contribution is -2.49. The van der Waals surface area contributed by atoms with Crippen molar-refractivity contribution in [2.45, 2.75) is 25.5 Å². The summed E-state index contributed by atoms with van der Waals surface area (Å²) in [6, 6.07) is 10.3. The number of ether oxygens (including phenoxy) is 1. The van der Waals surface area contributed by atoms with Crippen LogP contribution < -0.4 is 5.32 Å². The fourth-order valence-corrected chi connectivity index (χ4v) is 3.56. The fraction of sp³-hybridized carbons (Fsp3) is 0.611. The molecule has 2 heterocycles. The summed E-state index contributed by atoms with van der Waals surface area (Å²) >= 11 is 0. The summed E-state index contributed by atoms with van der Waals surface area (Å²) in [5, 5.41) is 3.39. The monoisotopic (exact) mass is 353 g/mol. The van der Waals surface area contributed by atoms with E-state index in [2.05, 4.69) is 10.2 Å². The second-order valence-electron chi connectivity index (χ2n) is 6.26. The largest absolute Gasteiger partial charge is 0.364 e. The van der Waals surface area contributed by atoms with Crippen LogP contribution >= 0.6 is 12.4 Å². The van der Waals surface area contributed by atoms with E-state index in [1.165, 1.54) is 0 Å². The second kappa shape index (κ2) is 9.37. The van der Waals surface area contributed by atoms with Crippen LogP contribution in [-0.2, 0) is 9.53 Å². The zero-order chi connectivity index (χ0) is 16.1. The maximum Gasteiger partial charge on any atom is 0.256 e. The Morgan fingerprint density at radius 2 is 1.96 bits per heavy atom. The number of carbonyl (C=O) groups excluding carboxylic acids is 1. The van der Waals surface area contributed by atoms with Gasteiger partial charge in [-0.2, -0.15) is 0 Å². The number of benzene rings is 1. The molecule has 6 heteroatoms. The van der Waals surface area contributed by atoms with Crippen LogP contribution in [0.1, 0.15) is 25.0 Å². The van der Waals surface area contributed by atoms with Gasteiger partial charge in [0.05, 0.1) is 0 Å². The first-order valence-corrected chi connectivity index (χ1v) is 8.69. The highest BCUT2D eigenvalue weighted by atomic mass is 35.5. The molecule has 2 aliphatic heterocycles. The molecule has 134 valence electrons. The molecule has 5 nitrogen and oxygen atoms in total. The first kappa shape index (κ1) is 19.2. The minimum Gasteiger partial charge on any atom is -0.364 e. The Bertz CT molecular complexity index is 508. The van der Waals surface area contributed by atoms with E-state index in [1.54, 1.807) is 0 Å². The van der Waals surface area contributed by atoms with Crippen molar-refractivity contribution in [2.24, 2.45) is 0 Å².